The van der Waals surface area contributed by atoms with Gasteiger partial charge in [0.05, 0.1) is 16.8 Å². The molecule has 3 aromatic carbocycles. The molecule has 2 aromatic heterocycles. The minimum atomic E-state index is -6.35. The Morgan fingerprint density at radius 1 is 0.841 bits per heavy atom. The average Bonchev–Trinajstić information content (AvgIpc) is 3.58. The Morgan fingerprint density at radius 3 is 2.18 bits per heavy atom. The second-order valence-electron chi connectivity index (χ2n) is 9.38. The predicted molar refractivity (Wildman–Crippen MR) is 143 cm³/mol. The standard InChI is InChI=1S/C28H17ClF8N6O/c1-42-25(22(27(32,33)34)23(40-42)26(30,31)28(35,36)37)43-14-21(39-41-43)17-10-11-20(29)19(13-17)24(44)38-18-9-5-8-16(12-18)15-6-3-2-4-7-15/h2-14H,1H3,(H,38,44). The zero-order valence-electron chi connectivity index (χ0n) is 22.1. The molecule has 16 heteroatoms. The van der Waals surface area contributed by atoms with Crippen LogP contribution in [0.1, 0.15) is 21.6 Å². The highest BCUT2D eigenvalue weighted by molar-refractivity contribution is 6.34. The number of carbonyl (C=O) groups excluding carboxylic acids is 1. The monoisotopic (exact) mass is 640 g/mol. The highest BCUT2D eigenvalue weighted by Crippen LogP contribution is 2.49. The van der Waals surface area contributed by atoms with Crippen LogP contribution in [-0.2, 0) is 19.1 Å². The third kappa shape index (κ3) is 5.74. The number of halogens is 9. The van der Waals surface area contributed by atoms with Gasteiger partial charge < -0.3 is 5.32 Å². The maximum absolute atomic E-state index is 14.1. The zero-order chi connectivity index (χ0) is 32.0. The Balaban J connectivity index is 1.48. The van der Waals surface area contributed by atoms with Gasteiger partial charge in [-0.2, -0.15) is 40.2 Å². The molecule has 0 bridgehead atoms. The second-order valence-corrected chi connectivity index (χ2v) is 9.79. The van der Waals surface area contributed by atoms with E-state index in [1.807, 2.05) is 36.4 Å². The van der Waals surface area contributed by atoms with E-state index in [2.05, 4.69) is 20.7 Å². The van der Waals surface area contributed by atoms with Crippen LogP contribution in [0.25, 0.3) is 28.2 Å². The van der Waals surface area contributed by atoms with Gasteiger partial charge >= 0.3 is 18.3 Å². The summed E-state index contributed by atoms with van der Waals surface area (Å²) in [5, 5.41) is 12.8. The predicted octanol–water partition coefficient (Wildman–Crippen LogP) is 7.91. The molecule has 0 atom stereocenters. The van der Waals surface area contributed by atoms with E-state index in [1.165, 1.54) is 18.2 Å². The van der Waals surface area contributed by atoms with E-state index in [9.17, 15) is 39.9 Å². The molecule has 1 N–H and O–H groups in total. The van der Waals surface area contributed by atoms with Crippen molar-refractivity contribution < 1.29 is 39.9 Å². The Labute approximate surface area is 247 Å². The number of aryl methyl sites for hydroxylation is 1. The van der Waals surface area contributed by atoms with Gasteiger partial charge in [-0.3, -0.25) is 4.79 Å². The molecular weight excluding hydrogens is 624 g/mol. The van der Waals surface area contributed by atoms with Crippen LogP contribution >= 0.6 is 11.6 Å². The van der Waals surface area contributed by atoms with Crippen molar-refractivity contribution >= 4 is 23.2 Å². The fourth-order valence-corrected chi connectivity index (χ4v) is 4.56. The Morgan fingerprint density at radius 2 is 1.52 bits per heavy atom. The lowest BCUT2D eigenvalue weighted by Crippen LogP contribution is -2.36. The van der Waals surface area contributed by atoms with Gasteiger partial charge in [-0.25, -0.2) is 9.36 Å². The molecule has 0 unspecified atom stereocenters. The SMILES string of the molecule is Cn1nc(C(F)(F)C(F)(F)F)c(C(F)(F)F)c1-n1cc(-c2ccc(Cl)c(C(=O)Nc3cccc(-c4ccccc4)c3)c2)nn1. The van der Waals surface area contributed by atoms with Gasteiger partial charge in [0.15, 0.2) is 11.5 Å². The van der Waals surface area contributed by atoms with Gasteiger partial charge in [0.2, 0.25) is 0 Å². The topological polar surface area (TPSA) is 77.6 Å². The van der Waals surface area contributed by atoms with Gasteiger partial charge in [-0.05, 0) is 35.4 Å². The number of aromatic nitrogens is 5. The third-order valence-electron chi connectivity index (χ3n) is 6.40. The minimum Gasteiger partial charge on any atom is -0.322 e. The van der Waals surface area contributed by atoms with E-state index >= 15 is 0 Å². The Hall–Kier alpha value is -4.79. The maximum Gasteiger partial charge on any atom is 0.459 e. The van der Waals surface area contributed by atoms with Crippen LogP contribution in [-0.4, -0.2) is 36.9 Å². The number of alkyl halides is 8. The van der Waals surface area contributed by atoms with Gasteiger partial charge in [0.1, 0.15) is 11.3 Å². The van der Waals surface area contributed by atoms with Crippen molar-refractivity contribution in [2.45, 2.75) is 18.3 Å². The van der Waals surface area contributed by atoms with Crippen molar-refractivity contribution in [1.82, 2.24) is 24.8 Å². The van der Waals surface area contributed by atoms with E-state index < -0.39 is 41.3 Å². The number of amides is 1. The van der Waals surface area contributed by atoms with Crippen LogP contribution in [0, 0.1) is 0 Å². The summed E-state index contributed by atoms with van der Waals surface area (Å²) in [7, 11) is 0.749. The van der Waals surface area contributed by atoms with Crippen molar-refractivity contribution in [3.63, 3.8) is 0 Å². The normalized spacial score (nSPS) is 12.4. The molecule has 0 aliphatic heterocycles. The number of hydrogen-bond acceptors (Lipinski definition) is 4. The smallest absolute Gasteiger partial charge is 0.322 e. The summed E-state index contributed by atoms with van der Waals surface area (Å²) < 4.78 is 109. The van der Waals surface area contributed by atoms with Crippen molar-refractivity contribution in [1.29, 1.82) is 0 Å². The van der Waals surface area contributed by atoms with E-state index in [-0.39, 0.29) is 26.5 Å². The number of benzene rings is 3. The summed E-state index contributed by atoms with van der Waals surface area (Å²) in [6, 6.07) is 20.3. The molecule has 0 spiro atoms. The first-order chi connectivity index (χ1) is 20.6. The molecule has 5 rings (SSSR count). The lowest BCUT2D eigenvalue weighted by atomic mass is 10.0. The van der Waals surface area contributed by atoms with Crippen LogP contribution in [0.15, 0.2) is 79.0 Å². The number of nitrogens with zero attached hydrogens (tertiary/aromatic N) is 5. The summed E-state index contributed by atoms with van der Waals surface area (Å²) in [5.74, 6) is -7.80. The summed E-state index contributed by atoms with van der Waals surface area (Å²) in [4.78, 5) is 13.1. The lowest BCUT2D eigenvalue weighted by Gasteiger charge is -2.19. The number of hydrogen-bond donors (Lipinski definition) is 1. The van der Waals surface area contributed by atoms with Gasteiger partial charge in [0, 0.05) is 18.3 Å². The lowest BCUT2D eigenvalue weighted by molar-refractivity contribution is -0.292. The summed E-state index contributed by atoms with van der Waals surface area (Å²) in [6.45, 7) is 0. The molecule has 0 radical (unpaired) electrons. The summed E-state index contributed by atoms with van der Waals surface area (Å²) >= 11 is 6.25. The van der Waals surface area contributed by atoms with Gasteiger partial charge in [0.25, 0.3) is 5.91 Å². The molecule has 1 amide bonds. The molecule has 0 aliphatic rings. The molecule has 0 saturated carbocycles. The van der Waals surface area contributed by atoms with E-state index in [1.54, 1.807) is 18.2 Å². The van der Waals surface area contributed by atoms with Crippen LogP contribution in [0.5, 0.6) is 0 Å². The number of nitrogens with one attached hydrogen (secondary N) is 1. The highest BCUT2D eigenvalue weighted by Gasteiger charge is 2.64. The first-order valence-corrected chi connectivity index (χ1v) is 12.7. The molecule has 44 heavy (non-hydrogen) atoms. The molecular formula is C28H17ClF8N6O. The number of anilines is 1. The maximum atomic E-state index is 14.1. The minimum absolute atomic E-state index is 0.0165. The quantitative estimate of drug-likeness (QED) is 0.191. The fourth-order valence-electron chi connectivity index (χ4n) is 4.36. The molecule has 0 saturated heterocycles. The summed E-state index contributed by atoms with van der Waals surface area (Å²) in [6.07, 6.45) is -11.2. The molecule has 0 fully saturated rings. The first kappa shape index (κ1) is 30.7. The Kier molecular flexibility index (Phi) is 7.70. The average molecular weight is 641 g/mol. The largest absolute Gasteiger partial charge is 0.459 e. The molecule has 5 aromatic rings. The van der Waals surface area contributed by atoms with E-state index in [4.69, 9.17) is 11.6 Å². The van der Waals surface area contributed by atoms with Gasteiger partial charge in [-0.1, -0.05) is 65.3 Å². The number of carbonyl (C=O) groups is 1. The molecule has 0 aliphatic carbocycles. The van der Waals surface area contributed by atoms with Crippen LogP contribution in [0.3, 0.4) is 0 Å². The fraction of sp³-hybridized carbons (Fsp3) is 0.143. The van der Waals surface area contributed by atoms with Crippen molar-refractivity contribution in [2.24, 2.45) is 7.05 Å². The third-order valence-corrected chi connectivity index (χ3v) is 6.73. The van der Waals surface area contributed by atoms with Crippen LogP contribution in [0.2, 0.25) is 5.02 Å². The van der Waals surface area contributed by atoms with Crippen LogP contribution < -0.4 is 5.32 Å². The van der Waals surface area contributed by atoms with Crippen molar-refractivity contribution in [3.05, 3.63) is 101 Å². The Bertz CT molecular complexity index is 1850. The number of rotatable bonds is 6. The second kappa shape index (κ2) is 11.0. The summed E-state index contributed by atoms with van der Waals surface area (Å²) in [5.41, 5.74) is -2.78. The first-order valence-electron chi connectivity index (χ1n) is 12.4. The molecule has 7 nitrogen and oxygen atoms in total. The van der Waals surface area contributed by atoms with Crippen LogP contribution in [0.4, 0.5) is 40.8 Å². The molecule has 228 valence electrons. The van der Waals surface area contributed by atoms with Gasteiger partial charge in [-0.15, -0.1) is 5.10 Å². The highest BCUT2D eigenvalue weighted by atomic mass is 35.5. The van der Waals surface area contributed by atoms with E-state index in [0.29, 0.717) is 10.4 Å². The van der Waals surface area contributed by atoms with Crippen molar-refractivity contribution in [2.75, 3.05) is 5.32 Å². The molecule has 2 heterocycles. The van der Waals surface area contributed by atoms with E-state index in [0.717, 1.165) is 24.4 Å². The van der Waals surface area contributed by atoms with Crippen molar-refractivity contribution in [3.8, 4) is 28.2 Å². The zero-order valence-corrected chi connectivity index (χ0v) is 22.8.